The van der Waals surface area contributed by atoms with Crippen LogP contribution in [0.15, 0.2) is 29.2 Å². The largest absolute Gasteiger partial charge is 0.325 e. The zero-order chi connectivity index (χ0) is 13.6. The number of aryl methyl sites for hydroxylation is 1. The van der Waals surface area contributed by atoms with E-state index < -0.39 is 15.2 Å². The van der Waals surface area contributed by atoms with Gasteiger partial charge in [-0.15, -0.1) is 0 Å². The first kappa shape index (κ1) is 14.7. The van der Waals surface area contributed by atoms with Crippen LogP contribution in [0.1, 0.15) is 38.2 Å². The minimum Gasteiger partial charge on any atom is -0.296 e. The summed E-state index contributed by atoms with van der Waals surface area (Å²) in [6.07, 6.45) is 3.20. The normalized spacial score (nSPS) is 12.9. The van der Waals surface area contributed by atoms with Crippen LogP contribution in [0.3, 0.4) is 0 Å². The predicted molar refractivity (Wildman–Crippen MR) is 72.9 cm³/mol. The van der Waals surface area contributed by atoms with E-state index in [0.29, 0.717) is 6.42 Å². The molecule has 0 unspecified atom stereocenters. The molecule has 1 rings (SSSR count). The average Bonchev–Trinajstić information content (AvgIpc) is 2.35. The van der Waals surface area contributed by atoms with Gasteiger partial charge in [0.1, 0.15) is 0 Å². The third-order valence-corrected chi connectivity index (χ3v) is 4.89. The number of unbranched alkanes of at least 4 members (excludes halogenated alkanes) is 2. The van der Waals surface area contributed by atoms with E-state index in [2.05, 4.69) is 11.8 Å². The Kier molecular flexibility index (Phi) is 5.36. The summed E-state index contributed by atoms with van der Waals surface area (Å²) in [7, 11) is -3.50. The third kappa shape index (κ3) is 3.58. The summed E-state index contributed by atoms with van der Waals surface area (Å²) in [5.74, 6) is 0. The van der Waals surface area contributed by atoms with Crippen LogP contribution in [0.2, 0.25) is 0 Å². The molecule has 0 radical (unpaired) electrons. The van der Waals surface area contributed by atoms with Crippen molar-refractivity contribution < 1.29 is 8.42 Å². The van der Waals surface area contributed by atoms with Gasteiger partial charge < -0.3 is 0 Å². The number of rotatable bonds is 6. The van der Waals surface area contributed by atoms with Crippen molar-refractivity contribution in [2.24, 2.45) is 0 Å². The van der Waals surface area contributed by atoms with Crippen LogP contribution >= 0.6 is 0 Å². The second-order valence-electron chi connectivity index (χ2n) is 4.44. The maximum atomic E-state index is 12.3. The van der Waals surface area contributed by atoms with Crippen molar-refractivity contribution in [1.82, 2.24) is 0 Å². The van der Waals surface area contributed by atoms with Gasteiger partial charge in [0.25, 0.3) is 9.84 Å². The zero-order valence-corrected chi connectivity index (χ0v) is 11.7. The molecule has 0 aliphatic heterocycles. The topological polar surface area (TPSA) is 38.5 Å². The Hall–Kier alpha value is -1.34. The van der Waals surface area contributed by atoms with Crippen LogP contribution in [0.5, 0.6) is 0 Å². The van der Waals surface area contributed by atoms with Crippen LogP contribution in [-0.4, -0.2) is 13.8 Å². The van der Waals surface area contributed by atoms with Crippen LogP contribution < -0.4 is 0 Å². The molecule has 18 heavy (non-hydrogen) atoms. The van der Waals surface area contributed by atoms with Gasteiger partial charge >= 0.3 is 5.37 Å². The van der Waals surface area contributed by atoms with E-state index in [1.54, 1.807) is 24.3 Å². The van der Waals surface area contributed by atoms with Crippen molar-refractivity contribution >= 4 is 9.84 Å². The van der Waals surface area contributed by atoms with Gasteiger partial charge in [-0.1, -0.05) is 37.5 Å². The van der Waals surface area contributed by atoms with Gasteiger partial charge in [-0.25, -0.2) is 15.0 Å². The Morgan fingerprint density at radius 1 is 1.22 bits per heavy atom. The van der Waals surface area contributed by atoms with E-state index in [9.17, 15) is 8.42 Å². The van der Waals surface area contributed by atoms with Gasteiger partial charge in [0.05, 0.1) is 4.90 Å². The van der Waals surface area contributed by atoms with Crippen molar-refractivity contribution in [2.45, 2.75) is 49.8 Å². The Morgan fingerprint density at radius 3 is 2.33 bits per heavy atom. The molecule has 0 amide bonds. The molecule has 1 aromatic carbocycles. The van der Waals surface area contributed by atoms with Gasteiger partial charge in [-0.2, -0.15) is 0 Å². The minimum atomic E-state index is -3.50. The lowest BCUT2D eigenvalue weighted by Gasteiger charge is -2.07. The smallest absolute Gasteiger partial charge is 0.296 e. The molecular weight excluding hydrogens is 246 g/mol. The van der Waals surface area contributed by atoms with Gasteiger partial charge in [-0.05, 0) is 25.5 Å². The van der Waals surface area contributed by atoms with Crippen LogP contribution in [0, 0.1) is 13.5 Å². The molecule has 4 heteroatoms. The van der Waals surface area contributed by atoms with Crippen molar-refractivity contribution in [3.8, 4) is 0 Å². The third-order valence-electron chi connectivity index (χ3n) is 2.91. The Morgan fingerprint density at radius 2 is 1.83 bits per heavy atom. The van der Waals surface area contributed by atoms with E-state index in [1.807, 2.05) is 6.92 Å². The molecule has 0 fully saturated rings. The standard InChI is InChI=1S/C14H19NO2S/c1-4-5-6-7-14(15-3)18(16,17)13-10-8-12(2)9-11-13/h8-11,14H,4-7H2,1-2H3/t14-/m1/s1. The molecule has 0 aliphatic rings. The molecule has 98 valence electrons. The SMILES string of the molecule is [C-]#[N+][C@@H](CCCCC)S(=O)(=O)c1ccc(C)cc1. The van der Waals surface area contributed by atoms with E-state index in [1.165, 1.54) is 0 Å². The molecule has 0 bridgehead atoms. The van der Waals surface area contributed by atoms with Crippen molar-refractivity contribution in [3.05, 3.63) is 41.2 Å². The molecule has 0 heterocycles. The Balaban J connectivity index is 2.90. The highest BCUT2D eigenvalue weighted by atomic mass is 32.2. The average molecular weight is 265 g/mol. The van der Waals surface area contributed by atoms with Crippen LogP contribution in [-0.2, 0) is 9.84 Å². The first-order valence-corrected chi connectivity index (χ1v) is 7.74. The summed E-state index contributed by atoms with van der Waals surface area (Å²) >= 11 is 0. The minimum absolute atomic E-state index is 0.255. The fourth-order valence-electron chi connectivity index (χ4n) is 1.74. The van der Waals surface area contributed by atoms with E-state index in [0.717, 1.165) is 24.8 Å². The first-order chi connectivity index (χ1) is 8.52. The Labute approximate surface area is 110 Å². The highest BCUT2D eigenvalue weighted by Gasteiger charge is 2.31. The molecule has 1 atom stereocenters. The van der Waals surface area contributed by atoms with Crippen molar-refractivity contribution in [2.75, 3.05) is 0 Å². The molecule has 0 spiro atoms. The molecule has 0 saturated carbocycles. The van der Waals surface area contributed by atoms with Crippen LogP contribution in [0.25, 0.3) is 4.85 Å². The maximum Gasteiger partial charge on any atom is 0.325 e. The lowest BCUT2D eigenvalue weighted by atomic mass is 10.2. The fraction of sp³-hybridized carbons (Fsp3) is 0.500. The number of nitrogens with zero attached hydrogens (tertiary/aromatic N) is 1. The summed E-state index contributed by atoms with van der Waals surface area (Å²) < 4.78 is 24.5. The second kappa shape index (κ2) is 6.55. The molecule has 3 nitrogen and oxygen atoms in total. The van der Waals surface area contributed by atoms with Gasteiger partial charge in [0.2, 0.25) is 0 Å². The first-order valence-electron chi connectivity index (χ1n) is 6.19. The number of benzene rings is 1. The van der Waals surface area contributed by atoms with E-state index >= 15 is 0 Å². The van der Waals surface area contributed by atoms with Crippen molar-refractivity contribution in [3.63, 3.8) is 0 Å². The van der Waals surface area contributed by atoms with Gasteiger partial charge in [-0.3, -0.25) is 4.85 Å². The Bertz CT molecular complexity index is 512. The maximum absolute atomic E-state index is 12.3. The molecule has 1 aromatic rings. The predicted octanol–water partition coefficient (Wildman–Crippen LogP) is 3.59. The van der Waals surface area contributed by atoms with E-state index in [-0.39, 0.29) is 4.90 Å². The highest BCUT2D eigenvalue weighted by Crippen LogP contribution is 2.21. The molecule has 0 N–H and O–H groups in total. The van der Waals surface area contributed by atoms with Gasteiger partial charge in [0.15, 0.2) is 0 Å². The lowest BCUT2D eigenvalue weighted by Crippen LogP contribution is -2.17. The zero-order valence-electron chi connectivity index (χ0n) is 10.9. The van der Waals surface area contributed by atoms with Crippen LogP contribution in [0.4, 0.5) is 0 Å². The summed E-state index contributed by atoms with van der Waals surface area (Å²) in [5.41, 5.74) is 1.01. The molecule has 0 aliphatic carbocycles. The number of sulfone groups is 1. The van der Waals surface area contributed by atoms with Crippen molar-refractivity contribution in [1.29, 1.82) is 0 Å². The fourth-order valence-corrected chi connectivity index (χ4v) is 3.19. The molecule has 0 aromatic heterocycles. The highest BCUT2D eigenvalue weighted by molar-refractivity contribution is 7.92. The second-order valence-corrected chi connectivity index (χ2v) is 6.54. The molecular formula is C14H19NO2S. The monoisotopic (exact) mass is 265 g/mol. The molecule has 0 saturated heterocycles. The van der Waals surface area contributed by atoms with Gasteiger partial charge in [0, 0.05) is 6.42 Å². The lowest BCUT2D eigenvalue weighted by molar-refractivity contribution is 0.575. The summed E-state index contributed by atoms with van der Waals surface area (Å²) in [6.45, 7) is 11.1. The summed E-state index contributed by atoms with van der Waals surface area (Å²) in [4.78, 5) is 3.55. The number of hydrogen-bond acceptors (Lipinski definition) is 2. The summed E-state index contributed by atoms with van der Waals surface area (Å²) in [6, 6.07) is 6.70. The number of hydrogen-bond donors (Lipinski definition) is 0. The van der Waals surface area contributed by atoms with E-state index in [4.69, 9.17) is 6.57 Å². The summed E-state index contributed by atoms with van der Waals surface area (Å²) in [5, 5.41) is -0.938. The quantitative estimate of drug-likeness (QED) is 0.582.